The van der Waals surface area contributed by atoms with Gasteiger partial charge in [0.1, 0.15) is 11.5 Å². The Balaban J connectivity index is 1.89. The molecular weight excluding hydrogens is 354 g/mol. The summed E-state index contributed by atoms with van der Waals surface area (Å²) in [5, 5.41) is 10.6. The Morgan fingerprint density at radius 1 is 1.07 bits per heavy atom. The predicted molar refractivity (Wildman–Crippen MR) is 95.8 cm³/mol. The van der Waals surface area contributed by atoms with Gasteiger partial charge in [-0.2, -0.15) is 0 Å². The molecule has 0 radical (unpaired) electrons. The van der Waals surface area contributed by atoms with Crippen LogP contribution in [0, 0.1) is 16.0 Å². The fourth-order valence-electron chi connectivity index (χ4n) is 1.98. The van der Waals surface area contributed by atoms with Crippen LogP contribution in [-0.4, -0.2) is 30.1 Å². The van der Waals surface area contributed by atoms with Gasteiger partial charge in [0.15, 0.2) is 6.61 Å². The van der Waals surface area contributed by atoms with Gasteiger partial charge in [-0.05, 0) is 36.2 Å². The normalized spacial score (nSPS) is 10.3. The number of rotatable bonds is 8. The molecule has 2 rings (SSSR count). The van der Waals surface area contributed by atoms with E-state index in [1.165, 1.54) is 36.4 Å². The van der Waals surface area contributed by atoms with Crippen LogP contribution >= 0.6 is 0 Å². The molecular formula is C19H19NO7. The minimum Gasteiger partial charge on any atom is -0.482 e. The number of hydrogen-bond acceptors (Lipinski definition) is 7. The maximum absolute atomic E-state index is 11.9. The van der Waals surface area contributed by atoms with Crippen molar-refractivity contribution in [2.45, 2.75) is 13.8 Å². The van der Waals surface area contributed by atoms with Crippen molar-refractivity contribution in [3.05, 3.63) is 64.2 Å². The van der Waals surface area contributed by atoms with Gasteiger partial charge in [0, 0.05) is 12.1 Å². The summed E-state index contributed by atoms with van der Waals surface area (Å²) in [7, 11) is 0. The van der Waals surface area contributed by atoms with Gasteiger partial charge in [-0.15, -0.1) is 0 Å². The Labute approximate surface area is 155 Å². The molecule has 0 aromatic heterocycles. The van der Waals surface area contributed by atoms with Crippen molar-refractivity contribution in [1.29, 1.82) is 0 Å². The van der Waals surface area contributed by atoms with E-state index >= 15 is 0 Å². The average molecular weight is 373 g/mol. The average Bonchev–Trinajstić information content (AvgIpc) is 2.65. The Hall–Kier alpha value is -3.42. The van der Waals surface area contributed by atoms with Crippen molar-refractivity contribution in [1.82, 2.24) is 0 Å². The predicted octanol–water partition coefficient (Wildman–Crippen LogP) is 3.39. The number of nitro benzene ring substituents is 1. The highest BCUT2D eigenvalue weighted by molar-refractivity contribution is 5.90. The van der Waals surface area contributed by atoms with Crippen LogP contribution in [0.1, 0.15) is 24.2 Å². The first-order valence-corrected chi connectivity index (χ1v) is 8.20. The molecule has 0 aliphatic rings. The molecule has 8 heteroatoms. The summed E-state index contributed by atoms with van der Waals surface area (Å²) in [5.41, 5.74) is 0.198. The second kappa shape index (κ2) is 9.33. The number of carbonyl (C=O) groups is 2. The molecule has 0 fully saturated rings. The van der Waals surface area contributed by atoms with E-state index in [1.807, 2.05) is 13.8 Å². The van der Waals surface area contributed by atoms with Crippen LogP contribution in [0.4, 0.5) is 5.69 Å². The van der Waals surface area contributed by atoms with Crippen LogP contribution in [-0.2, 0) is 9.53 Å². The molecule has 0 saturated heterocycles. The Morgan fingerprint density at radius 2 is 1.78 bits per heavy atom. The molecule has 0 saturated carbocycles. The SMILES string of the molecule is CC(C)COC(=O)c1cccc(OC(=O)COc2ccc([N+](=O)[O-])cc2)c1. The van der Waals surface area contributed by atoms with Crippen LogP contribution in [0.3, 0.4) is 0 Å². The summed E-state index contributed by atoms with van der Waals surface area (Å²) >= 11 is 0. The number of carbonyl (C=O) groups excluding carboxylic acids is 2. The van der Waals surface area contributed by atoms with E-state index in [0.29, 0.717) is 12.4 Å². The third-order valence-electron chi connectivity index (χ3n) is 3.25. The van der Waals surface area contributed by atoms with Gasteiger partial charge < -0.3 is 14.2 Å². The largest absolute Gasteiger partial charge is 0.482 e. The van der Waals surface area contributed by atoms with Gasteiger partial charge >= 0.3 is 11.9 Å². The molecule has 0 unspecified atom stereocenters. The van der Waals surface area contributed by atoms with Gasteiger partial charge in [0.25, 0.3) is 5.69 Å². The maximum Gasteiger partial charge on any atom is 0.349 e. The summed E-state index contributed by atoms with van der Waals surface area (Å²) < 4.78 is 15.5. The molecule has 0 bridgehead atoms. The van der Waals surface area contributed by atoms with Crippen LogP contribution in [0.2, 0.25) is 0 Å². The number of benzene rings is 2. The van der Waals surface area contributed by atoms with Gasteiger partial charge in [-0.1, -0.05) is 19.9 Å². The number of nitrogens with zero attached hydrogens (tertiary/aromatic N) is 1. The van der Waals surface area contributed by atoms with Crippen molar-refractivity contribution in [2.75, 3.05) is 13.2 Å². The van der Waals surface area contributed by atoms with E-state index in [1.54, 1.807) is 12.1 Å². The van der Waals surface area contributed by atoms with Crippen LogP contribution < -0.4 is 9.47 Å². The quantitative estimate of drug-likeness (QED) is 0.302. The van der Waals surface area contributed by atoms with Gasteiger partial charge in [0.2, 0.25) is 0 Å². The standard InChI is InChI=1S/C19H19NO7/c1-13(2)11-26-19(22)14-4-3-5-17(10-14)27-18(21)12-25-16-8-6-15(7-9-16)20(23)24/h3-10,13H,11-12H2,1-2H3. The minimum atomic E-state index is -0.680. The monoisotopic (exact) mass is 373 g/mol. The molecule has 142 valence electrons. The lowest BCUT2D eigenvalue weighted by Gasteiger charge is -2.09. The Morgan fingerprint density at radius 3 is 2.41 bits per heavy atom. The van der Waals surface area contributed by atoms with Gasteiger partial charge in [-0.25, -0.2) is 9.59 Å². The molecule has 0 spiro atoms. The fraction of sp³-hybridized carbons (Fsp3) is 0.263. The van der Waals surface area contributed by atoms with Crippen LogP contribution in [0.25, 0.3) is 0 Å². The third-order valence-corrected chi connectivity index (χ3v) is 3.25. The van der Waals surface area contributed by atoms with E-state index in [4.69, 9.17) is 14.2 Å². The summed E-state index contributed by atoms with van der Waals surface area (Å²) in [4.78, 5) is 33.9. The zero-order chi connectivity index (χ0) is 19.8. The van der Waals surface area contributed by atoms with Gasteiger partial charge in [-0.3, -0.25) is 10.1 Å². The lowest BCUT2D eigenvalue weighted by Crippen LogP contribution is -2.18. The number of hydrogen-bond donors (Lipinski definition) is 0. The van der Waals surface area contributed by atoms with Crippen molar-refractivity contribution < 1.29 is 28.7 Å². The molecule has 0 aliphatic heterocycles. The van der Waals surface area contributed by atoms with Gasteiger partial charge in [0.05, 0.1) is 17.1 Å². The van der Waals surface area contributed by atoms with Crippen molar-refractivity contribution in [3.8, 4) is 11.5 Å². The molecule has 0 N–H and O–H groups in total. The van der Waals surface area contributed by atoms with Crippen molar-refractivity contribution >= 4 is 17.6 Å². The minimum absolute atomic E-state index is 0.0777. The number of non-ortho nitro benzene ring substituents is 1. The lowest BCUT2D eigenvalue weighted by atomic mass is 10.2. The second-order valence-corrected chi connectivity index (χ2v) is 6.03. The molecule has 2 aromatic rings. The van der Waals surface area contributed by atoms with E-state index in [9.17, 15) is 19.7 Å². The molecule has 0 amide bonds. The molecule has 0 heterocycles. The van der Waals surface area contributed by atoms with Crippen molar-refractivity contribution in [2.24, 2.45) is 5.92 Å². The molecule has 0 atom stereocenters. The smallest absolute Gasteiger partial charge is 0.349 e. The number of nitro groups is 1. The maximum atomic E-state index is 11.9. The summed E-state index contributed by atoms with van der Waals surface area (Å²) in [6, 6.07) is 11.4. The first-order valence-electron chi connectivity index (χ1n) is 8.20. The van der Waals surface area contributed by atoms with Crippen LogP contribution in [0.15, 0.2) is 48.5 Å². The Bertz CT molecular complexity index is 815. The molecule has 27 heavy (non-hydrogen) atoms. The summed E-state index contributed by atoms with van der Waals surface area (Å²) in [6.45, 7) is 3.76. The topological polar surface area (TPSA) is 105 Å². The number of ether oxygens (including phenoxy) is 3. The third kappa shape index (κ3) is 6.43. The molecule has 0 aliphatic carbocycles. The van der Waals surface area contributed by atoms with E-state index in [0.717, 1.165) is 0 Å². The highest BCUT2D eigenvalue weighted by atomic mass is 16.6. The van der Waals surface area contributed by atoms with E-state index in [-0.39, 0.29) is 29.5 Å². The summed E-state index contributed by atoms with van der Waals surface area (Å²) in [6.07, 6.45) is 0. The van der Waals surface area contributed by atoms with Crippen molar-refractivity contribution in [3.63, 3.8) is 0 Å². The van der Waals surface area contributed by atoms with E-state index in [2.05, 4.69) is 0 Å². The highest BCUT2D eigenvalue weighted by Gasteiger charge is 2.12. The number of esters is 2. The second-order valence-electron chi connectivity index (χ2n) is 6.03. The first-order chi connectivity index (χ1) is 12.8. The Kier molecular flexibility index (Phi) is 6.87. The summed E-state index contributed by atoms with van der Waals surface area (Å²) in [5.74, 6) is -0.480. The van der Waals surface area contributed by atoms with Crippen LogP contribution in [0.5, 0.6) is 11.5 Å². The zero-order valence-corrected chi connectivity index (χ0v) is 14.9. The molecule has 2 aromatic carbocycles. The first kappa shape index (κ1) is 19.9. The molecule has 8 nitrogen and oxygen atoms in total. The van der Waals surface area contributed by atoms with E-state index < -0.39 is 16.9 Å². The zero-order valence-electron chi connectivity index (χ0n) is 14.9. The highest BCUT2D eigenvalue weighted by Crippen LogP contribution is 2.18. The fourth-order valence-corrected chi connectivity index (χ4v) is 1.98. The lowest BCUT2D eigenvalue weighted by molar-refractivity contribution is -0.384.